The van der Waals surface area contributed by atoms with Gasteiger partial charge in [-0.1, -0.05) is 19.9 Å². The third kappa shape index (κ3) is 2.23. The lowest BCUT2D eigenvalue weighted by Gasteiger charge is -2.62. The fraction of sp³-hybridized carbons (Fsp3) is 0.714. The first-order valence-electron chi connectivity index (χ1n) is 9.66. The summed E-state index contributed by atoms with van der Waals surface area (Å²) in [6.45, 7) is 5.46. The molecule has 0 aromatic heterocycles. The molecule has 0 unspecified atom stereocenters. The number of aliphatic hydroxyl groups excluding tert-OH is 1. The smallest absolute Gasteiger partial charge is 0.189 e. The van der Waals surface area contributed by atoms with Gasteiger partial charge >= 0.3 is 0 Å². The van der Waals surface area contributed by atoms with Gasteiger partial charge in [0.05, 0.1) is 6.10 Å². The Hall–Kier alpha value is -1.01. The molecule has 3 saturated carbocycles. The van der Waals surface area contributed by atoms with E-state index in [4.69, 9.17) is 0 Å². The molecular weight excluding hydrogens is 370 g/mol. The molecule has 0 aromatic carbocycles. The van der Waals surface area contributed by atoms with Crippen molar-refractivity contribution in [1.82, 2.24) is 0 Å². The second-order valence-corrected chi connectivity index (χ2v) is 9.92. The number of halogens is 2. The molecule has 0 radical (unpaired) electrons. The van der Waals surface area contributed by atoms with E-state index in [1.54, 1.807) is 6.92 Å². The Morgan fingerprint density at radius 2 is 1.96 bits per heavy atom. The van der Waals surface area contributed by atoms with Gasteiger partial charge in [0.2, 0.25) is 0 Å². The topological polar surface area (TPSA) is 54.4 Å². The fourth-order valence-corrected chi connectivity index (χ4v) is 7.65. The number of thiol groups is 1. The first-order chi connectivity index (χ1) is 12.5. The van der Waals surface area contributed by atoms with E-state index < -0.39 is 34.7 Å². The minimum atomic E-state index is -2.07. The number of carbonyl (C=O) groups excluding carboxylic acids is 2. The Bertz CT molecular complexity index is 779. The number of ketones is 1. The van der Waals surface area contributed by atoms with E-state index in [0.29, 0.717) is 6.42 Å². The highest BCUT2D eigenvalue weighted by Gasteiger charge is 2.72. The summed E-state index contributed by atoms with van der Waals surface area (Å²) < 4.78 is 31.9. The molecule has 0 heterocycles. The van der Waals surface area contributed by atoms with E-state index in [2.05, 4.69) is 12.6 Å². The van der Waals surface area contributed by atoms with E-state index in [9.17, 15) is 14.7 Å². The van der Waals surface area contributed by atoms with Crippen LogP contribution in [0.2, 0.25) is 0 Å². The van der Waals surface area contributed by atoms with Gasteiger partial charge < -0.3 is 5.11 Å². The second kappa shape index (κ2) is 5.76. The summed E-state index contributed by atoms with van der Waals surface area (Å²) in [6.07, 6.45) is 1.80. The van der Waals surface area contributed by atoms with Crippen LogP contribution in [0, 0.1) is 34.5 Å². The molecule has 0 aromatic rings. The third-order valence-electron chi connectivity index (χ3n) is 8.23. The zero-order chi connectivity index (χ0) is 19.9. The molecule has 0 saturated heterocycles. The molecule has 9 atom stereocenters. The first kappa shape index (κ1) is 19.3. The highest BCUT2D eigenvalue weighted by molar-refractivity contribution is 7.96. The number of fused-ring (bicyclic) bond motifs is 5. The van der Waals surface area contributed by atoms with Crippen molar-refractivity contribution in [1.29, 1.82) is 0 Å². The maximum absolute atomic E-state index is 16.8. The number of hydrogen-bond acceptors (Lipinski definition) is 3. The van der Waals surface area contributed by atoms with Gasteiger partial charge in [-0.15, -0.1) is 12.6 Å². The first-order valence-corrected chi connectivity index (χ1v) is 10.1. The van der Waals surface area contributed by atoms with Crippen molar-refractivity contribution in [2.75, 3.05) is 0 Å². The molecule has 3 fully saturated rings. The summed E-state index contributed by atoms with van der Waals surface area (Å²) in [6, 6.07) is 0. The minimum Gasteiger partial charge on any atom is -0.390 e. The number of allylic oxidation sites excluding steroid dienone is 4. The Kier molecular flexibility index (Phi) is 4.12. The predicted octanol–water partition coefficient (Wildman–Crippen LogP) is 3.62. The summed E-state index contributed by atoms with van der Waals surface area (Å²) >= 11 is 4.06. The van der Waals surface area contributed by atoms with E-state index >= 15 is 8.78 Å². The van der Waals surface area contributed by atoms with Crippen LogP contribution in [0.4, 0.5) is 8.78 Å². The summed E-state index contributed by atoms with van der Waals surface area (Å²) in [7, 11) is 0. The molecule has 1 N–H and O–H groups in total. The van der Waals surface area contributed by atoms with Crippen LogP contribution in [-0.2, 0) is 9.59 Å². The Balaban J connectivity index is 1.86. The molecule has 148 valence electrons. The van der Waals surface area contributed by atoms with E-state index in [1.165, 1.54) is 18.2 Å². The van der Waals surface area contributed by atoms with Crippen LogP contribution in [0.1, 0.15) is 40.0 Å². The Morgan fingerprint density at radius 3 is 2.59 bits per heavy atom. The molecule has 4 aliphatic carbocycles. The minimum absolute atomic E-state index is 0.00540. The highest BCUT2D eigenvalue weighted by Crippen LogP contribution is 2.70. The van der Waals surface area contributed by atoms with Crippen molar-refractivity contribution < 1.29 is 23.5 Å². The average Bonchev–Trinajstić information content (AvgIpc) is 2.82. The summed E-state index contributed by atoms with van der Waals surface area (Å²) in [4.78, 5) is 24.0. The van der Waals surface area contributed by atoms with Gasteiger partial charge in [-0.05, 0) is 61.2 Å². The zero-order valence-electron chi connectivity index (χ0n) is 15.8. The lowest BCUT2D eigenvalue weighted by atomic mass is 9.45. The maximum atomic E-state index is 16.8. The van der Waals surface area contributed by atoms with Gasteiger partial charge in [0.1, 0.15) is 6.17 Å². The highest BCUT2D eigenvalue weighted by atomic mass is 32.1. The van der Waals surface area contributed by atoms with Crippen LogP contribution in [0.25, 0.3) is 0 Å². The van der Waals surface area contributed by atoms with Crippen LogP contribution in [0.5, 0.6) is 0 Å². The van der Waals surface area contributed by atoms with Crippen LogP contribution in [0.15, 0.2) is 23.8 Å². The lowest BCUT2D eigenvalue weighted by molar-refractivity contribution is -0.201. The van der Waals surface area contributed by atoms with Gasteiger partial charge in [-0.2, -0.15) is 0 Å². The fourth-order valence-electron chi connectivity index (χ4n) is 7.10. The molecule has 0 amide bonds. The van der Waals surface area contributed by atoms with Crippen molar-refractivity contribution in [2.24, 2.45) is 34.5 Å². The molecule has 4 aliphatic rings. The largest absolute Gasteiger partial charge is 0.390 e. The van der Waals surface area contributed by atoms with Crippen molar-refractivity contribution >= 4 is 23.5 Å². The van der Waals surface area contributed by atoms with Crippen molar-refractivity contribution in [3.63, 3.8) is 0 Å². The van der Waals surface area contributed by atoms with Crippen LogP contribution in [-0.4, -0.2) is 33.9 Å². The van der Waals surface area contributed by atoms with Crippen molar-refractivity contribution in [3.8, 4) is 0 Å². The summed E-state index contributed by atoms with van der Waals surface area (Å²) in [5.41, 5.74) is -3.92. The maximum Gasteiger partial charge on any atom is 0.189 e. The van der Waals surface area contributed by atoms with Gasteiger partial charge in [0.15, 0.2) is 16.6 Å². The second-order valence-electron chi connectivity index (χ2n) is 9.48. The number of rotatable bonds is 1. The normalized spacial score (nSPS) is 54.0. The number of carbonyl (C=O) groups is 2. The Morgan fingerprint density at radius 1 is 1.30 bits per heavy atom. The number of alkyl halides is 2. The molecular formula is C21H26F2O3S. The SMILES string of the molecule is C[C@@H]1C[C@H]2[C@@H]3C[C@H](F)C4=CC(=O)C=C[C@]4(C)[C@@]3(F)[C@@H](O)C[C@]2(C)[C@H]1C(=O)S. The van der Waals surface area contributed by atoms with E-state index in [-0.39, 0.29) is 47.1 Å². The predicted molar refractivity (Wildman–Crippen MR) is 101 cm³/mol. The monoisotopic (exact) mass is 396 g/mol. The molecule has 0 bridgehead atoms. The molecule has 27 heavy (non-hydrogen) atoms. The lowest BCUT2D eigenvalue weighted by Crippen LogP contribution is -2.68. The van der Waals surface area contributed by atoms with Gasteiger partial charge in [0, 0.05) is 17.3 Å². The molecule has 0 spiro atoms. The quantitative estimate of drug-likeness (QED) is 0.666. The average molecular weight is 396 g/mol. The van der Waals surface area contributed by atoms with Crippen molar-refractivity contribution in [3.05, 3.63) is 23.8 Å². The van der Waals surface area contributed by atoms with Gasteiger partial charge in [-0.3, -0.25) is 9.59 Å². The van der Waals surface area contributed by atoms with Gasteiger partial charge in [-0.25, -0.2) is 8.78 Å². The summed E-state index contributed by atoms with van der Waals surface area (Å²) in [5, 5.41) is 10.8. The standard InChI is InChI=1S/C21H26F2O3S/c1-10-6-12-13-8-15(22)14-7-11(24)4-5-20(14,3)21(13,23)16(25)9-19(12,2)17(10)18(26)27/h4-5,7,10,12-13,15-17,25H,6,8-9H2,1-3H3,(H,26,27)/t10-,12+,13+,15+,16+,17-,19+,20+,21+/m1/s1. The van der Waals surface area contributed by atoms with E-state index in [1.807, 2.05) is 13.8 Å². The van der Waals surface area contributed by atoms with Crippen LogP contribution in [0.3, 0.4) is 0 Å². The molecule has 0 aliphatic heterocycles. The molecule has 4 rings (SSSR count). The van der Waals surface area contributed by atoms with Crippen LogP contribution >= 0.6 is 12.6 Å². The number of aliphatic hydroxyl groups is 1. The molecule has 6 heteroatoms. The summed E-state index contributed by atoms with van der Waals surface area (Å²) in [5.74, 6) is -1.66. The van der Waals surface area contributed by atoms with Crippen molar-refractivity contribution in [2.45, 2.75) is 58.0 Å². The molecule has 3 nitrogen and oxygen atoms in total. The number of hydrogen-bond donors (Lipinski definition) is 2. The van der Waals surface area contributed by atoms with Crippen LogP contribution < -0.4 is 0 Å². The van der Waals surface area contributed by atoms with Gasteiger partial charge in [0.25, 0.3) is 0 Å². The zero-order valence-corrected chi connectivity index (χ0v) is 16.7. The van der Waals surface area contributed by atoms with E-state index in [0.717, 1.165) is 0 Å². The Labute approximate surface area is 163 Å². The third-order valence-corrected chi connectivity index (χ3v) is 8.51.